The molecule has 0 fully saturated rings. The molecule has 1 aliphatic rings. The van der Waals surface area contributed by atoms with Crippen LogP contribution < -0.4 is 0 Å². The van der Waals surface area contributed by atoms with Crippen molar-refractivity contribution in [3.8, 4) is 0 Å². The van der Waals surface area contributed by atoms with E-state index >= 15 is 0 Å². The van der Waals surface area contributed by atoms with Gasteiger partial charge in [-0.1, -0.05) is 32.0 Å². The summed E-state index contributed by atoms with van der Waals surface area (Å²) < 4.78 is 0. The second-order valence-electron chi connectivity index (χ2n) is 3.55. The van der Waals surface area contributed by atoms with Crippen molar-refractivity contribution in [3.05, 3.63) is 29.8 Å². The molecule has 62 valence electrons. The van der Waals surface area contributed by atoms with E-state index in [0.29, 0.717) is 0 Å². The van der Waals surface area contributed by atoms with Crippen molar-refractivity contribution in [2.24, 2.45) is 4.99 Å². The Morgan fingerprint density at radius 1 is 1.33 bits per heavy atom. The normalized spacial score (nSPS) is 25.8. The Bertz CT molecular complexity index is 328. The van der Waals surface area contributed by atoms with Gasteiger partial charge in [0.25, 0.3) is 0 Å². The van der Waals surface area contributed by atoms with Crippen LogP contribution in [-0.4, -0.2) is 6.21 Å². The zero-order chi connectivity index (χ0) is 8.60. The molecule has 1 aromatic rings. The van der Waals surface area contributed by atoms with Crippen LogP contribution in [0.5, 0.6) is 0 Å². The third-order valence-electron chi connectivity index (χ3n) is 2.74. The Morgan fingerprint density at radius 3 is 2.83 bits per heavy atom. The van der Waals surface area contributed by atoms with Crippen LogP contribution in [0.1, 0.15) is 25.8 Å². The summed E-state index contributed by atoms with van der Waals surface area (Å²) >= 11 is 0. The van der Waals surface area contributed by atoms with Gasteiger partial charge in [-0.25, -0.2) is 0 Å². The van der Waals surface area contributed by atoms with Crippen LogP contribution in [0.4, 0.5) is 5.69 Å². The molecular formula is C11H13N. The number of benzene rings is 1. The third-order valence-corrected chi connectivity index (χ3v) is 2.74. The summed E-state index contributed by atoms with van der Waals surface area (Å²) in [6.45, 7) is 4.44. The predicted molar refractivity (Wildman–Crippen MR) is 52.2 cm³/mol. The summed E-state index contributed by atoms with van der Waals surface area (Å²) in [5, 5.41) is 0. The molecule has 1 heterocycles. The van der Waals surface area contributed by atoms with E-state index in [-0.39, 0.29) is 5.41 Å². The number of aliphatic imine (C=N–C) groups is 1. The fourth-order valence-electron chi connectivity index (χ4n) is 1.63. The van der Waals surface area contributed by atoms with E-state index in [1.807, 2.05) is 6.07 Å². The van der Waals surface area contributed by atoms with E-state index in [1.54, 1.807) is 0 Å². The van der Waals surface area contributed by atoms with E-state index in [1.165, 1.54) is 5.56 Å². The average molecular weight is 159 g/mol. The largest absolute Gasteiger partial charge is 0.260 e. The number of rotatable bonds is 1. The SMILES string of the molecule is CCC1(C)C=Nc2ccccc21. The Labute approximate surface area is 73.1 Å². The van der Waals surface area contributed by atoms with Gasteiger partial charge < -0.3 is 0 Å². The maximum atomic E-state index is 4.40. The molecule has 0 radical (unpaired) electrons. The second kappa shape index (κ2) is 2.44. The molecule has 0 N–H and O–H groups in total. The van der Waals surface area contributed by atoms with Crippen LogP contribution in [0.2, 0.25) is 0 Å². The van der Waals surface area contributed by atoms with Gasteiger partial charge in [0.2, 0.25) is 0 Å². The smallest absolute Gasteiger partial charge is 0.0667 e. The Hall–Kier alpha value is -1.11. The first-order valence-electron chi connectivity index (χ1n) is 4.41. The molecule has 1 heteroatoms. The van der Waals surface area contributed by atoms with E-state index in [2.05, 4.69) is 43.3 Å². The minimum Gasteiger partial charge on any atom is -0.260 e. The standard InChI is InChI=1S/C11H13N/c1-3-11(2)8-12-10-7-5-4-6-9(10)11/h4-8H,3H2,1-2H3. The van der Waals surface area contributed by atoms with Crippen molar-refractivity contribution >= 4 is 11.9 Å². The Morgan fingerprint density at radius 2 is 2.08 bits per heavy atom. The van der Waals surface area contributed by atoms with Gasteiger partial charge in [-0.3, -0.25) is 4.99 Å². The van der Waals surface area contributed by atoms with E-state index < -0.39 is 0 Å². The summed E-state index contributed by atoms with van der Waals surface area (Å²) in [6, 6.07) is 8.37. The van der Waals surface area contributed by atoms with Crippen molar-refractivity contribution in [2.45, 2.75) is 25.7 Å². The zero-order valence-corrected chi connectivity index (χ0v) is 7.54. The van der Waals surface area contributed by atoms with Gasteiger partial charge in [0.1, 0.15) is 0 Å². The van der Waals surface area contributed by atoms with Crippen LogP contribution in [0.15, 0.2) is 29.3 Å². The minimum atomic E-state index is 0.177. The molecule has 12 heavy (non-hydrogen) atoms. The van der Waals surface area contributed by atoms with Crippen molar-refractivity contribution in [2.75, 3.05) is 0 Å². The van der Waals surface area contributed by atoms with Crippen molar-refractivity contribution < 1.29 is 0 Å². The molecule has 1 aliphatic heterocycles. The summed E-state index contributed by atoms with van der Waals surface area (Å²) in [6.07, 6.45) is 3.19. The van der Waals surface area contributed by atoms with Crippen molar-refractivity contribution in [1.29, 1.82) is 0 Å². The van der Waals surface area contributed by atoms with E-state index in [0.717, 1.165) is 12.1 Å². The Balaban J connectivity index is 2.56. The third kappa shape index (κ3) is 0.893. The summed E-state index contributed by atoms with van der Waals surface area (Å²) in [5.74, 6) is 0. The van der Waals surface area contributed by atoms with Crippen LogP contribution in [-0.2, 0) is 5.41 Å². The number of para-hydroxylation sites is 1. The van der Waals surface area contributed by atoms with Gasteiger partial charge >= 0.3 is 0 Å². The lowest BCUT2D eigenvalue weighted by Crippen LogP contribution is -2.18. The summed E-state index contributed by atoms with van der Waals surface area (Å²) in [7, 11) is 0. The molecule has 1 aromatic carbocycles. The van der Waals surface area contributed by atoms with Crippen LogP contribution >= 0.6 is 0 Å². The molecule has 0 spiro atoms. The molecule has 1 atom stereocenters. The lowest BCUT2D eigenvalue weighted by molar-refractivity contribution is 0.638. The number of hydrogen-bond acceptors (Lipinski definition) is 1. The zero-order valence-electron chi connectivity index (χ0n) is 7.54. The molecule has 1 nitrogen and oxygen atoms in total. The van der Waals surface area contributed by atoms with E-state index in [4.69, 9.17) is 0 Å². The van der Waals surface area contributed by atoms with Gasteiger partial charge in [-0.05, 0) is 18.1 Å². The predicted octanol–water partition coefficient (Wildman–Crippen LogP) is 3.07. The molecule has 0 aliphatic carbocycles. The maximum absolute atomic E-state index is 4.40. The highest BCUT2D eigenvalue weighted by Crippen LogP contribution is 2.38. The van der Waals surface area contributed by atoms with E-state index in [9.17, 15) is 0 Å². The second-order valence-corrected chi connectivity index (χ2v) is 3.55. The van der Waals surface area contributed by atoms with Gasteiger partial charge in [-0.2, -0.15) is 0 Å². The number of hydrogen-bond donors (Lipinski definition) is 0. The molecular weight excluding hydrogens is 146 g/mol. The molecule has 0 bridgehead atoms. The molecule has 1 unspecified atom stereocenters. The van der Waals surface area contributed by atoms with Crippen LogP contribution in [0.25, 0.3) is 0 Å². The highest BCUT2D eigenvalue weighted by Gasteiger charge is 2.28. The first-order valence-corrected chi connectivity index (χ1v) is 4.41. The molecule has 0 saturated carbocycles. The Kier molecular flexibility index (Phi) is 1.53. The van der Waals surface area contributed by atoms with Crippen molar-refractivity contribution in [1.82, 2.24) is 0 Å². The van der Waals surface area contributed by atoms with Gasteiger partial charge in [0.05, 0.1) is 5.69 Å². The first-order chi connectivity index (χ1) is 5.76. The lowest BCUT2D eigenvalue weighted by atomic mass is 9.82. The molecule has 0 saturated heterocycles. The summed E-state index contributed by atoms with van der Waals surface area (Å²) in [5.41, 5.74) is 2.69. The van der Waals surface area contributed by atoms with Crippen molar-refractivity contribution in [3.63, 3.8) is 0 Å². The van der Waals surface area contributed by atoms with Crippen LogP contribution in [0, 0.1) is 0 Å². The number of nitrogens with zero attached hydrogens (tertiary/aromatic N) is 1. The molecule has 0 aromatic heterocycles. The monoisotopic (exact) mass is 159 g/mol. The summed E-state index contributed by atoms with van der Waals surface area (Å²) in [4.78, 5) is 4.40. The van der Waals surface area contributed by atoms with Gasteiger partial charge in [0, 0.05) is 11.6 Å². The quantitative estimate of drug-likeness (QED) is 0.597. The molecule has 0 amide bonds. The topological polar surface area (TPSA) is 12.4 Å². The highest BCUT2D eigenvalue weighted by molar-refractivity contribution is 5.84. The van der Waals surface area contributed by atoms with Gasteiger partial charge in [0.15, 0.2) is 0 Å². The fourth-order valence-corrected chi connectivity index (χ4v) is 1.63. The van der Waals surface area contributed by atoms with Gasteiger partial charge in [-0.15, -0.1) is 0 Å². The molecule has 2 rings (SSSR count). The lowest BCUT2D eigenvalue weighted by Gasteiger charge is -2.19. The average Bonchev–Trinajstić information content (AvgIpc) is 2.46. The number of fused-ring (bicyclic) bond motifs is 1. The first kappa shape index (κ1) is 7.53. The minimum absolute atomic E-state index is 0.177. The fraction of sp³-hybridized carbons (Fsp3) is 0.364. The van der Waals surface area contributed by atoms with Crippen LogP contribution in [0.3, 0.4) is 0 Å². The maximum Gasteiger partial charge on any atom is 0.0667 e. The highest BCUT2D eigenvalue weighted by atomic mass is 14.8.